The van der Waals surface area contributed by atoms with E-state index >= 15 is 0 Å². The van der Waals surface area contributed by atoms with Gasteiger partial charge in [0.1, 0.15) is 0 Å². The van der Waals surface area contributed by atoms with Crippen LogP contribution < -0.4 is 4.72 Å². The second-order valence-electron chi connectivity index (χ2n) is 7.81. The monoisotopic (exact) mass is 377 g/mol. The number of carbonyl (C=O) groups is 1. The molecule has 4 nitrogen and oxygen atoms in total. The highest BCUT2D eigenvalue weighted by molar-refractivity contribution is 7.84. The summed E-state index contributed by atoms with van der Waals surface area (Å²) in [6.07, 6.45) is 5.53. The molecule has 0 bridgehead atoms. The molecule has 0 amide bonds. The molecule has 140 valence electrons. The van der Waals surface area contributed by atoms with Gasteiger partial charge in [-0.1, -0.05) is 44.4 Å². The van der Waals surface area contributed by atoms with Crippen LogP contribution in [-0.4, -0.2) is 27.1 Å². The summed E-state index contributed by atoms with van der Waals surface area (Å²) in [6, 6.07) is 0. The zero-order chi connectivity index (χ0) is 18.5. The Labute approximate surface area is 154 Å². The van der Waals surface area contributed by atoms with Crippen LogP contribution in [-0.2, 0) is 20.5 Å². The molecular formula is C18H32ClNO3S. The second-order valence-corrected chi connectivity index (χ2v) is 10.2. The van der Waals surface area contributed by atoms with Crippen LogP contribution in [0.1, 0.15) is 67.2 Å². The molecule has 0 heterocycles. The van der Waals surface area contributed by atoms with E-state index in [1.807, 2.05) is 40.7 Å². The van der Waals surface area contributed by atoms with Gasteiger partial charge in [0.25, 0.3) is 0 Å². The molecule has 1 aliphatic rings. The van der Waals surface area contributed by atoms with Crippen molar-refractivity contribution in [2.75, 3.05) is 6.61 Å². The third-order valence-electron chi connectivity index (χ3n) is 4.36. The molecule has 0 saturated heterocycles. The van der Waals surface area contributed by atoms with Crippen molar-refractivity contribution >= 4 is 28.6 Å². The number of carbonyl (C=O) groups excluding carboxylic acids is 1. The number of ether oxygens (including phenoxy) is 1. The Morgan fingerprint density at radius 2 is 1.88 bits per heavy atom. The summed E-state index contributed by atoms with van der Waals surface area (Å²) < 4.78 is 20.7. The van der Waals surface area contributed by atoms with Gasteiger partial charge in [-0.3, -0.25) is 4.79 Å². The average Bonchev–Trinajstić information content (AvgIpc) is 2.93. The number of nitrogens with one attached hydrogen (secondary N) is 1. The standard InChI is InChI=1S/C18H32ClNO3S/c1-7-23-16(21)14(13(2)3)12-15(19)18(10-8-9-11-18)20-24(22)17(4,5)6/h12-14,20H,7-11H2,1-6H3/b15-12-/t14-,24?/m1/s1. The lowest BCUT2D eigenvalue weighted by atomic mass is 9.90. The lowest BCUT2D eigenvalue weighted by Crippen LogP contribution is -2.49. The summed E-state index contributed by atoms with van der Waals surface area (Å²) in [5, 5.41) is 0.587. The van der Waals surface area contributed by atoms with Crippen LogP contribution in [0.5, 0.6) is 0 Å². The smallest absolute Gasteiger partial charge is 0.313 e. The van der Waals surface area contributed by atoms with E-state index in [2.05, 4.69) is 4.72 Å². The Balaban J connectivity index is 3.09. The van der Waals surface area contributed by atoms with Gasteiger partial charge in [-0.05, 0) is 46.5 Å². The van der Waals surface area contributed by atoms with Crippen LogP contribution >= 0.6 is 11.6 Å². The van der Waals surface area contributed by atoms with Crippen molar-refractivity contribution in [1.29, 1.82) is 0 Å². The Morgan fingerprint density at radius 1 is 1.33 bits per heavy atom. The number of esters is 1. The van der Waals surface area contributed by atoms with Gasteiger partial charge >= 0.3 is 5.97 Å². The van der Waals surface area contributed by atoms with Crippen LogP contribution in [0.3, 0.4) is 0 Å². The first-order valence-electron chi connectivity index (χ1n) is 8.77. The van der Waals surface area contributed by atoms with E-state index in [9.17, 15) is 9.00 Å². The molecule has 1 N–H and O–H groups in total. The fraction of sp³-hybridized carbons (Fsp3) is 0.833. The number of rotatable bonds is 7. The number of halogens is 1. The van der Waals surface area contributed by atoms with Gasteiger partial charge in [-0.2, -0.15) is 0 Å². The van der Waals surface area contributed by atoms with Crippen LogP contribution in [0.25, 0.3) is 0 Å². The molecule has 1 fully saturated rings. The molecule has 0 aliphatic heterocycles. The Hall–Kier alpha value is -0.390. The lowest BCUT2D eigenvalue weighted by molar-refractivity contribution is -0.147. The van der Waals surface area contributed by atoms with Gasteiger partial charge in [-0.25, -0.2) is 8.93 Å². The second kappa shape index (κ2) is 8.81. The quantitative estimate of drug-likeness (QED) is 0.672. The van der Waals surface area contributed by atoms with Crippen molar-refractivity contribution in [2.45, 2.75) is 77.5 Å². The van der Waals surface area contributed by atoms with Crippen LogP contribution in [0.2, 0.25) is 0 Å². The molecule has 0 radical (unpaired) electrons. The van der Waals surface area contributed by atoms with Crippen molar-refractivity contribution in [2.24, 2.45) is 11.8 Å². The summed E-state index contributed by atoms with van der Waals surface area (Å²) in [5.41, 5.74) is -0.501. The minimum Gasteiger partial charge on any atom is -0.466 e. The molecule has 0 spiro atoms. The minimum atomic E-state index is -1.22. The lowest BCUT2D eigenvalue weighted by Gasteiger charge is -2.33. The fourth-order valence-corrected chi connectivity index (χ4v) is 4.19. The first-order valence-corrected chi connectivity index (χ1v) is 10.3. The third-order valence-corrected chi connectivity index (χ3v) is 6.54. The van der Waals surface area contributed by atoms with Gasteiger partial charge in [0, 0.05) is 5.03 Å². The van der Waals surface area contributed by atoms with Crippen LogP contribution in [0, 0.1) is 11.8 Å². The van der Waals surface area contributed by atoms with Crippen molar-refractivity contribution in [3.05, 3.63) is 11.1 Å². The van der Waals surface area contributed by atoms with Crippen molar-refractivity contribution < 1.29 is 13.7 Å². The first-order chi connectivity index (χ1) is 11.0. The maximum atomic E-state index is 12.6. The van der Waals surface area contributed by atoms with Crippen LogP contribution in [0.4, 0.5) is 0 Å². The largest absolute Gasteiger partial charge is 0.466 e. The molecule has 6 heteroatoms. The maximum absolute atomic E-state index is 12.6. The summed E-state index contributed by atoms with van der Waals surface area (Å²) in [6.45, 7) is 11.9. The molecule has 1 rings (SSSR count). The zero-order valence-electron chi connectivity index (χ0n) is 15.8. The van der Waals surface area contributed by atoms with Crippen molar-refractivity contribution in [3.63, 3.8) is 0 Å². The highest BCUT2D eigenvalue weighted by atomic mass is 35.5. The van der Waals surface area contributed by atoms with Crippen molar-refractivity contribution in [1.82, 2.24) is 4.72 Å². The van der Waals surface area contributed by atoms with Gasteiger partial charge in [0.15, 0.2) is 0 Å². The molecule has 2 atom stereocenters. The molecule has 1 unspecified atom stereocenters. The molecule has 0 aromatic rings. The van der Waals surface area contributed by atoms with Gasteiger partial charge in [-0.15, -0.1) is 0 Å². The van der Waals surface area contributed by atoms with Gasteiger partial charge in [0.05, 0.1) is 33.8 Å². The van der Waals surface area contributed by atoms with Gasteiger partial charge in [0.2, 0.25) is 0 Å². The SMILES string of the molecule is CCOC(=O)[C@H](/C=C(\Cl)C1(NS(=O)C(C)(C)C)CCCC1)C(C)C. The minimum absolute atomic E-state index is 0.0874. The normalized spacial score (nSPS) is 20.9. The van der Waals surface area contributed by atoms with E-state index in [0.717, 1.165) is 25.7 Å². The summed E-state index contributed by atoms with van der Waals surface area (Å²) in [4.78, 5) is 12.2. The van der Waals surface area contributed by atoms with E-state index in [1.165, 1.54) is 0 Å². The average molecular weight is 378 g/mol. The number of hydrogen-bond donors (Lipinski definition) is 1. The van der Waals surface area contributed by atoms with E-state index in [0.29, 0.717) is 11.6 Å². The van der Waals surface area contributed by atoms with E-state index in [4.69, 9.17) is 16.3 Å². The maximum Gasteiger partial charge on any atom is 0.313 e. The highest BCUT2D eigenvalue weighted by Crippen LogP contribution is 2.40. The zero-order valence-corrected chi connectivity index (χ0v) is 17.4. The fourth-order valence-electron chi connectivity index (χ4n) is 2.79. The first kappa shape index (κ1) is 21.7. The molecule has 0 aromatic carbocycles. The summed E-state index contributed by atoms with van der Waals surface area (Å²) in [5.74, 6) is -0.556. The van der Waals surface area contributed by atoms with E-state index in [-0.39, 0.29) is 22.6 Å². The van der Waals surface area contributed by atoms with E-state index < -0.39 is 16.5 Å². The summed E-state index contributed by atoms with van der Waals surface area (Å²) >= 11 is 6.68. The molecule has 1 aliphatic carbocycles. The molecule has 0 aromatic heterocycles. The number of hydrogen-bond acceptors (Lipinski definition) is 3. The highest BCUT2D eigenvalue weighted by Gasteiger charge is 2.41. The third kappa shape index (κ3) is 5.57. The predicted octanol–water partition coefficient (Wildman–Crippen LogP) is 4.31. The molecule has 24 heavy (non-hydrogen) atoms. The van der Waals surface area contributed by atoms with Crippen molar-refractivity contribution in [3.8, 4) is 0 Å². The van der Waals surface area contributed by atoms with E-state index in [1.54, 1.807) is 6.92 Å². The molecule has 1 saturated carbocycles. The Morgan fingerprint density at radius 3 is 2.29 bits per heavy atom. The summed E-state index contributed by atoms with van der Waals surface area (Å²) in [7, 11) is -1.22. The predicted molar refractivity (Wildman–Crippen MR) is 101 cm³/mol. The Kier molecular flexibility index (Phi) is 7.95. The molecular weight excluding hydrogens is 346 g/mol. The topological polar surface area (TPSA) is 55.4 Å². The van der Waals surface area contributed by atoms with Crippen LogP contribution in [0.15, 0.2) is 11.1 Å². The van der Waals surface area contributed by atoms with Gasteiger partial charge < -0.3 is 4.74 Å². The Bertz CT molecular complexity index is 491.